The summed E-state index contributed by atoms with van der Waals surface area (Å²) < 4.78 is 0. The van der Waals surface area contributed by atoms with E-state index in [0.29, 0.717) is 5.75 Å². The largest absolute Gasteiger partial charge is 0.507 e. The fourth-order valence-corrected chi connectivity index (χ4v) is 3.63. The van der Waals surface area contributed by atoms with Crippen LogP contribution in [0.4, 0.5) is 0 Å². The first-order chi connectivity index (χ1) is 10.7. The molecule has 1 N–H and O–H groups in total. The van der Waals surface area contributed by atoms with Crippen LogP contribution in [-0.4, -0.2) is 5.11 Å². The maximum Gasteiger partial charge on any atom is 0.123 e. The lowest BCUT2D eigenvalue weighted by Crippen LogP contribution is -2.02. The Morgan fingerprint density at radius 3 is 2.14 bits per heavy atom. The quantitative estimate of drug-likeness (QED) is 0.635. The molecule has 3 aromatic rings. The zero-order valence-electron chi connectivity index (χ0n) is 12.9. The van der Waals surface area contributed by atoms with Crippen LogP contribution >= 0.6 is 0 Å². The van der Waals surface area contributed by atoms with E-state index in [1.165, 1.54) is 40.3 Å². The average molecular weight is 288 g/mol. The molecule has 1 aliphatic rings. The predicted molar refractivity (Wildman–Crippen MR) is 92.4 cm³/mol. The molecular weight excluding hydrogens is 268 g/mol. The first kappa shape index (κ1) is 13.4. The van der Waals surface area contributed by atoms with E-state index in [-0.39, 0.29) is 0 Å². The molecule has 0 aromatic heterocycles. The van der Waals surface area contributed by atoms with Gasteiger partial charge in [0.05, 0.1) is 0 Å². The number of benzene rings is 3. The molecule has 22 heavy (non-hydrogen) atoms. The van der Waals surface area contributed by atoms with Gasteiger partial charge in [0, 0.05) is 5.56 Å². The number of hydrogen-bond donors (Lipinski definition) is 1. The maximum atomic E-state index is 10.5. The van der Waals surface area contributed by atoms with Crippen molar-refractivity contribution in [2.45, 2.75) is 32.6 Å². The van der Waals surface area contributed by atoms with Gasteiger partial charge in [-0.3, -0.25) is 0 Å². The minimum Gasteiger partial charge on any atom is -0.507 e. The first-order valence-corrected chi connectivity index (χ1v) is 8.07. The second-order valence-electron chi connectivity index (χ2n) is 6.36. The Morgan fingerprint density at radius 1 is 0.773 bits per heavy atom. The van der Waals surface area contributed by atoms with Crippen molar-refractivity contribution in [1.82, 2.24) is 0 Å². The van der Waals surface area contributed by atoms with Crippen LogP contribution in [0.1, 0.15) is 29.5 Å². The SMILES string of the molecule is Cc1cc2ccccc2cc1-c1cc2c(cc1O)CCCC2. The second kappa shape index (κ2) is 5.17. The number of aryl methyl sites for hydroxylation is 3. The van der Waals surface area contributed by atoms with E-state index in [1.807, 2.05) is 6.07 Å². The fraction of sp³-hybridized carbons (Fsp3) is 0.238. The predicted octanol–water partition coefficient (Wildman–Crippen LogP) is 5.40. The molecule has 0 spiro atoms. The Morgan fingerprint density at radius 2 is 1.41 bits per heavy atom. The van der Waals surface area contributed by atoms with Gasteiger partial charge in [-0.2, -0.15) is 0 Å². The minimum atomic E-state index is 0.416. The van der Waals surface area contributed by atoms with Crippen LogP contribution in [0.15, 0.2) is 48.5 Å². The fourth-order valence-electron chi connectivity index (χ4n) is 3.63. The third kappa shape index (κ3) is 2.18. The van der Waals surface area contributed by atoms with Crippen molar-refractivity contribution in [2.24, 2.45) is 0 Å². The van der Waals surface area contributed by atoms with Crippen LogP contribution in [-0.2, 0) is 12.8 Å². The highest BCUT2D eigenvalue weighted by molar-refractivity contribution is 5.90. The van der Waals surface area contributed by atoms with Crippen molar-refractivity contribution in [3.05, 3.63) is 65.2 Å². The normalized spacial score (nSPS) is 14.0. The summed E-state index contributed by atoms with van der Waals surface area (Å²) >= 11 is 0. The van der Waals surface area contributed by atoms with Gasteiger partial charge in [-0.25, -0.2) is 0 Å². The molecule has 0 unspecified atom stereocenters. The van der Waals surface area contributed by atoms with Crippen molar-refractivity contribution >= 4 is 10.8 Å². The third-order valence-electron chi connectivity index (χ3n) is 4.84. The Balaban J connectivity index is 1.93. The van der Waals surface area contributed by atoms with E-state index in [1.54, 1.807) is 0 Å². The maximum absolute atomic E-state index is 10.5. The summed E-state index contributed by atoms with van der Waals surface area (Å²) in [5.41, 5.74) is 6.07. The summed E-state index contributed by atoms with van der Waals surface area (Å²) in [5, 5.41) is 13.0. The lowest BCUT2D eigenvalue weighted by Gasteiger charge is -2.19. The Hall–Kier alpha value is -2.28. The number of phenols is 1. The van der Waals surface area contributed by atoms with Crippen molar-refractivity contribution in [2.75, 3.05) is 0 Å². The van der Waals surface area contributed by atoms with E-state index in [4.69, 9.17) is 0 Å². The molecule has 1 aliphatic carbocycles. The van der Waals surface area contributed by atoms with E-state index in [9.17, 15) is 5.11 Å². The van der Waals surface area contributed by atoms with Crippen LogP contribution in [0, 0.1) is 6.92 Å². The molecule has 1 nitrogen and oxygen atoms in total. The van der Waals surface area contributed by atoms with Gasteiger partial charge in [0.1, 0.15) is 5.75 Å². The molecule has 0 fully saturated rings. The van der Waals surface area contributed by atoms with E-state index in [0.717, 1.165) is 24.0 Å². The number of hydrogen-bond acceptors (Lipinski definition) is 1. The van der Waals surface area contributed by atoms with Crippen LogP contribution in [0.2, 0.25) is 0 Å². The van der Waals surface area contributed by atoms with E-state index in [2.05, 4.69) is 49.4 Å². The molecule has 3 aromatic carbocycles. The first-order valence-electron chi connectivity index (χ1n) is 8.07. The summed E-state index contributed by atoms with van der Waals surface area (Å²) in [7, 11) is 0. The van der Waals surface area contributed by atoms with Crippen LogP contribution in [0.3, 0.4) is 0 Å². The summed E-state index contributed by atoms with van der Waals surface area (Å²) in [5.74, 6) is 0.416. The molecule has 0 radical (unpaired) electrons. The topological polar surface area (TPSA) is 20.2 Å². The number of fused-ring (bicyclic) bond motifs is 2. The van der Waals surface area contributed by atoms with Gasteiger partial charge in [-0.1, -0.05) is 30.3 Å². The molecule has 1 heteroatoms. The molecule has 0 amide bonds. The van der Waals surface area contributed by atoms with Crippen LogP contribution in [0.25, 0.3) is 21.9 Å². The third-order valence-corrected chi connectivity index (χ3v) is 4.84. The molecule has 0 aliphatic heterocycles. The molecule has 0 saturated carbocycles. The molecule has 110 valence electrons. The Bertz CT molecular complexity index is 861. The lowest BCUT2D eigenvalue weighted by atomic mass is 9.87. The van der Waals surface area contributed by atoms with Crippen molar-refractivity contribution in [3.8, 4) is 16.9 Å². The molecule has 0 heterocycles. The summed E-state index contributed by atoms with van der Waals surface area (Å²) in [6.45, 7) is 2.13. The average Bonchev–Trinajstić information content (AvgIpc) is 2.54. The Labute approximate surface area is 131 Å². The molecular formula is C21H20O. The Kier molecular flexibility index (Phi) is 3.15. The standard InChI is InChI=1S/C21H20O/c1-14-10-15-6-2-3-7-16(15)11-19(14)20-12-17-8-4-5-9-18(17)13-21(20)22/h2-3,6-7,10-13,22H,4-5,8-9H2,1H3. The van der Waals surface area contributed by atoms with Crippen molar-refractivity contribution in [3.63, 3.8) is 0 Å². The summed E-state index contributed by atoms with van der Waals surface area (Å²) in [6.07, 6.45) is 4.73. The van der Waals surface area contributed by atoms with Crippen molar-refractivity contribution < 1.29 is 5.11 Å². The number of phenolic OH excluding ortho intramolecular Hbond substituents is 1. The van der Waals surface area contributed by atoms with Crippen LogP contribution in [0.5, 0.6) is 5.75 Å². The number of rotatable bonds is 1. The lowest BCUT2D eigenvalue weighted by molar-refractivity contribution is 0.475. The zero-order valence-corrected chi connectivity index (χ0v) is 12.9. The highest BCUT2D eigenvalue weighted by atomic mass is 16.3. The highest BCUT2D eigenvalue weighted by Crippen LogP contribution is 2.37. The monoisotopic (exact) mass is 288 g/mol. The highest BCUT2D eigenvalue weighted by Gasteiger charge is 2.15. The molecule has 0 atom stereocenters. The van der Waals surface area contributed by atoms with Gasteiger partial charge in [0.2, 0.25) is 0 Å². The summed E-state index contributed by atoms with van der Waals surface area (Å²) in [4.78, 5) is 0. The van der Waals surface area contributed by atoms with Crippen LogP contribution < -0.4 is 0 Å². The number of aromatic hydroxyl groups is 1. The van der Waals surface area contributed by atoms with Gasteiger partial charge < -0.3 is 5.11 Å². The van der Waals surface area contributed by atoms with Gasteiger partial charge in [0.15, 0.2) is 0 Å². The van der Waals surface area contributed by atoms with Gasteiger partial charge in [-0.05, 0) is 83.8 Å². The second-order valence-corrected chi connectivity index (χ2v) is 6.36. The molecule has 0 saturated heterocycles. The van der Waals surface area contributed by atoms with E-state index >= 15 is 0 Å². The summed E-state index contributed by atoms with van der Waals surface area (Å²) in [6, 6.07) is 17.0. The molecule has 4 rings (SSSR count). The zero-order chi connectivity index (χ0) is 15.1. The van der Waals surface area contributed by atoms with Gasteiger partial charge in [-0.15, -0.1) is 0 Å². The van der Waals surface area contributed by atoms with Gasteiger partial charge in [0.25, 0.3) is 0 Å². The smallest absolute Gasteiger partial charge is 0.123 e. The van der Waals surface area contributed by atoms with Crippen molar-refractivity contribution in [1.29, 1.82) is 0 Å². The van der Waals surface area contributed by atoms with Gasteiger partial charge >= 0.3 is 0 Å². The van der Waals surface area contributed by atoms with E-state index < -0.39 is 0 Å². The molecule has 0 bridgehead atoms. The minimum absolute atomic E-state index is 0.416.